The average Bonchev–Trinajstić information content (AvgIpc) is 2.45. The van der Waals surface area contributed by atoms with E-state index in [4.69, 9.17) is 4.74 Å². The normalized spacial score (nSPS) is 12.5. The summed E-state index contributed by atoms with van der Waals surface area (Å²) in [6.07, 6.45) is -0.887. The molecule has 0 aliphatic carbocycles. The first kappa shape index (κ1) is 11.7. The van der Waals surface area contributed by atoms with Crippen molar-refractivity contribution in [1.29, 1.82) is 0 Å². The lowest BCUT2D eigenvalue weighted by atomic mass is 10.2. The van der Waals surface area contributed by atoms with Gasteiger partial charge < -0.3 is 9.84 Å². The zero-order chi connectivity index (χ0) is 11.4. The van der Waals surface area contributed by atoms with Gasteiger partial charge in [0.1, 0.15) is 6.10 Å². The van der Waals surface area contributed by atoms with Gasteiger partial charge in [0.05, 0.1) is 24.4 Å². The number of esters is 1. The minimum atomic E-state index is -0.852. The van der Waals surface area contributed by atoms with E-state index in [9.17, 15) is 9.90 Å². The summed E-state index contributed by atoms with van der Waals surface area (Å²) in [7, 11) is 1.73. The molecule has 0 saturated heterocycles. The van der Waals surface area contributed by atoms with Gasteiger partial charge in [0.15, 0.2) is 0 Å². The number of ether oxygens (including phenoxy) is 1. The van der Waals surface area contributed by atoms with Crippen LogP contribution in [-0.2, 0) is 16.6 Å². The Balaban J connectivity index is 2.64. The van der Waals surface area contributed by atoms with Crippen LogP contribution in [0.2, 0.25) is 0 Å². The molecule has 1 unspecified atom stereocenters. The predicted molar refractivity (Wildman–Crippen MR) is 54.2 cm³/mol. The molecule has 0 bridgehead atoms. The smallest absolute Gasteiger partial charge is 0.308 e. The van der Waals surface area contributed by atoms with Crippen LogP contribution in [0.1, 0.15) is 30.8 Å². The molecule has 1 atom stereocenters. The molecule has 1 rings (SSSR count). The highest BCUT2D eigenvalue weighted by molar-refractivity contribution is 5.70. The van der Waals surface area contributed by atoms with E-state index in [1.54, 1.807) is 24.7 Å². The van der Waals surface area contributed by atoms with Crippen LogP contribution in [0, 0.1) is 6.92 Å². The SMILES string of the molecule is CCOC(=O)CC(O)c1cc(C)nn1C. The Labute approximate surface area is 88.7 Å². The van der Waals surface area contributed by atoms with Crippen LogP contribution in [0.25, 0.3) is 0 Å². The summed E-state index contributed by atoms with van der Waals surface area (Å²) >= 11 is 0. The molecule has 84 valence electrons. The highest BCUT2D eigenvalue weighted by atomic mass is 16.5. The Hall–Kier alpha value is -1.36. The van der Waals surface area contributed by atoms with Crippen LogP contribution >= 0.6 is 0 Å². The van der Waals surface area contributed by atoms with Crippen LogP contribution in [0.15, 0.2) is 6.07 Å². The molecule has 0 spiro atoms. The van der Waals surface area contributed by atoms with Gasteiger partial charge >= 0.3 is 5.97 Å². The predicted octanol–water partition coefficient (Wildman–Crippen LogP) is 0.715. The topological polar surface area (TPSA) is 64.3 Å². The first-order chi connectivity index (χ1) is 7.04. The number of nitrogens with zero attached hydrogens (tertiary/aromatic N) is 2. The molecule has 5 nitrogen and oxygen atoms in total. The van der Waals surface area contributed by atoms with Gasteiger partial charge in [-0.25, -0.2) is 0 Å². The molecular formula is C10H16N2O3. The third-order valence-corrected chi connectivity index (χ3v) is 2.04. The summed E-state index contributed by atoms with van der Waals surface area (Å²) < 4.78 is 6.32. The second-order valence-corrected chi connectivity index (χ2v) is 3.36. The fourth-order valence-corrected chi connectivity index (χ4v) is 1.42. The van der Waals surface area contributed by atoms with Crippen LogP contribution < -0.4 is 0 Å². The number of hydrogen-bond donors (Lipinski definition) is 1. The molecule has 1 N–H and O–H groups in total. The van der Waals surface area contributed by atoms with Gasteiger partial charge in [-0.1, -0.05) is 0 Å². The van der Waals surface area contributed by atoms with Gasteiger partial charge in [0.25, 0.3) is 0 Å². The van der Waals surface area contributed by atoms with Crippen LogP contribution in [0.4, 0.5) is 0 Å². The van der Waals surface area contributed by atoms with Crippen LogP contribution in [-0.4, -0.2) is 27.5 Å². The van der Waals surface area contributed by atoms with Crippen molar-refractivity contribution in [3.8, 4) is 0 Å². The lowest BCUT2D eigenvalue weighted by Crippen LogP contribution is -2.12. The van der Waals surface area contributed by atoms with E-state index < -0.39 is 12.1 Å². The van der Waals surface area contributed by atoms with Crippen LogP contribution in [0.3, 0.4) is 0 Å². The summed E-state index contributed by atoms with van der Waals surface area (Å²) in [6, 6.07) is 1.75. The molecule has 1 aromatic heterocycles. The lowest BCUT2D eigenvalue weighted by Gasteiger charge is -2.09. The summed E-state index contributed by atoms with van der Waals surface area (Å²) in [5.41, 5.74) is 1.44. The summed E-state index contributed by atoms with van der Waals surface area (Å²) in [4.78, 5) is 11.1. The van der Waals surface area contributed by atoms with Crippen LogP contribution in [0.5, 0.6) is 0 Å². The number of rotatable bonds is 4. The van der Waals surface area contributed by atoms with Crippen molar-refractivity contribution in [2.75, 3.05) is 6.61 Å². The highest BCUT2D eigenvalue weighted by Gasteiger charge is 2.17. The van der Waals surface area contributed by atoms with Crippen molar-refractivity contribution in [3.05, 3.63) is 17.5 Å². The van der Waals surface area contributed by atoms with Crippen molar-refractivity contribution in [2.45, 2.75) is 26.4 Å². The number of hydrogen-bond acceptors (Lipinski definition) is 4. The third kappa shape index (κ3) is 3.06. The molecule has 1 heterocycles. The molecule has 1 aromatic rings. The number of aryl methyl sites for hydroxylation is 2. The van der Waals surface area contributed by atoms with Crippen molar-refractivity contribution in [3.63, 3.8) is 0 Å². The van der Waals surface area contributed by atoms with E-state index in [1.165, 1.54) is 0 Å². The van der Waals surface area contributed by atoms with Gasteiger partial charge in [0, 0.05) is 7.05 Å². The van der Waals surface area contributed by atoms with Crippen molar-refractivity contribution in [2.24, 2.45) is 7.05 Å². The van der Waals surface area contributed by atoms with Crippen molar-refractivity contribution >= 4 is 5.97 Å². The summed E-state index contributed by atoms with van der Waals surface area (Å²) in [5, 5.41) is 13.8. The summed E-state index contributed by atoms with van der Waals surface area (Å²) in [5.74, 6) is -0.399. The first-order valence-electron chi connectivity index (χ1n) is 4.88. The second kappa shape index (κ2) is 4.93. The number of aromatic nitrogens is 2. The Bertz CT molecular complexity index is 346. The quantitative estimate of drug-likeness (QED) is 0.747. The molecular weight excluding hydrogens is 196 g/mol. The van der Waals surface area contributed by atoms with E-state index in [-0.39, 0.29) is 6.42 Å². The molecule has 0 amide bonds. The van der Waals surface area contributed by atoms with Crippen molar-refractivity contribution < 1.29 is 14.6 Å². The molecule has 0 radical (unpaired) electrons. The maximum absolute atomic E-state index is 11.1. The standard InChI is InChI=1S/C10H16N2O3/c1-4-15-10(14)6-9(13)8-5-7(2)11-12(8)3/h5,9,13H,4,6H2,1-3H3. The van der Waals surface area contributed by atoms with Gasteiger partial charge in [-0.15, -0.1) is 0 Å². The minimum Gasteiger partial charge on any atom is -0.466 e. The molecule has 0 fully saturated rings. The van der Waals surface area contributed by atoms with Crippen molar-refractivity contribution in [1.82, 2.24) is 9.78 Å². The molecule has 0 aliphatic heterocycles. The Morgan fingerprint density at radius 1 is 1.73 bits per heavy atom. The minimum absolute atomic E-state index is 0.0349. The average molecular weight is 212 g/mol. The Kier molecular flexibility index (Phi) is 3.85. The second-order valence-electron chi connectivity index (χ2n) is 3.36. The molecule has 5 heteroatoms. The number of aliphatic hydroxyl groups excluding tert-OH is 1. The zero-order valence-electron chi connectivity index (χ0n) is 9.23. The molecule has 15 heavy (non-hydrogen) atoms. The maximum Gasteiger partial charge on any atom is 0.308 e. The van der Waals surface area contributed by atoms with E-state index in [2.05, 4.69) is 5.10 Å². The Morgan fingerprint density at radius 2 is 2.40 bits per heavy atom. The Morgan fingerprint density at radius 3 is 2.87 bits per heavy atom. The zero-order valence-corrected chi connectivity index (χ0v) is 9.23. The van der Waals surface area contributed by atoms with E-state index >= 15 is 0 Å². The molecule has 0 saturated carbocycles. The third-order valence-electron chi connectivity index (χ3n) is 2.04. The largest absolute Gasteiger partial charge is 0.466 e. The number of aliphatic hydroxyl groups is 1. The van der Waals surface area contributed by atoms with E-state index in [1.807, 2.05) is 6.92 Å². The van der Waals surface area contributed by atoms with E-state index in [0.29, 0.717) is 12.3 Å². The highest BCUT2D eigenvalue weighted by Crippen LogP contribution is 2.17. The summed E-state index contributed by atoms with van der Waals surface area (Å²) in [6.45, 7) is 3.90. The fourth-order valence-electron chi connectivity index (χ4n) is 1.42. The lowest BCUT2D eigenvalue weighted by molar-refractivity contribution is -0.145. The number of carbonyl (C=O) groups is 1. The van der Waals surface area contributed by atoms with E-state index in [0.717, 1.165) is 5.69 Å². The number of carbonyl (C=O) groups excluding carboxylic acids is 1. The maximum atomic E-state index is 11.1. The fraction of sp³-hybridized carbons (Fsp3) is 0.600. The van der Waals surface area contributed by atoms with Gasteiger partial charge in [-0.05, 0) is 19.9 Å². The first-order valence-corrected chi connectivity index (χ1v) is 4.88. The molecule has 0 aromatic carbocycles. The van der Waals surface area contributed by atoms with Gasteiger partial charge in [-0.2, -0.15) is 5.10 Å². The molecule has 0 aliphatic rings. The van der Waals surface area contributed by atoms with Gasteiger partial charge in [-0.3, -0.25) is 9.48 Å². The monoisotopic (exact) mass is 212 g/mol. The van der Waals surface area contributed by atoms with Gasteiger partial charge in [0.2, 0.25) is 0 Å².